The summed E-state index contributed by atoms with van der Waals surface area (Å²) in [6.07, 6.45) is 1.36. The van der Waals surface area contributed by atoms with Crippen molar-refractivity contribution in [2.75, 3.05) is 0 Å². The van der Waals surface area contributed by atoms with Gasteiger partial charge in [0.2, 0.25) is 5.91 Å². The van der Waals surface area contributed by atoms with E-state index >= 15 is 0 Å². The fraction of sp³-hybridized carbons (Fsp3) is 0.333. The zero-order valence-electron chi connectivity index (χ0n) is 8.96. The van der Waals surface area contributed by atoms with Crippen molar-refractivity contribution in [3.63, 3.8) is 0 Å². The molecule has 0 saturated heterocycles. The highest BCUT2D eigenvalue weighted by atomic mass is 79.9. The summed E-state index contributed by atoms with van der Waals surface area (Å²) in [6.45, 7) is 3.83. The fourth-order valence-electron chi connectivity index (χ4n) is 1.23. The van der Waals surface area contributed by atoms with Gasteiger partial charge in [-0.15, -0.1) is 0 Å². The number of benzene rings is 1. The third-order valence-corrected chi connectivity index (χ3v) is 2.49. The third kappa shape index (κ3) is 3.96. The van der Waals surface area contributed by atoms with Gasteiger partial charge < -0.3 is 0 Å². The van der Waals surface area contributed by atoms with Crippen molar-refractivity contribution < 1.29 is 4.79 Å². The Morgan fingerprint density at radius 2 is 2.20 bits per heavy atom. The highest BCUT2D eigenvalue weighted by molar-refractivity contribution is 9.10. The summed E-state index contributed by atoms with van der Waals surface area (Å²) in [6, 6.07) is 7.79. The van der Waals surface area contributed by atoms with Crippen molar-refractivity contribution in [1.29, 1.82) is 0 Å². The van der Waals surface area contributed by atoms with E-state index < -0.39 is 0 Å². The van der Waals surface area contributed by atoms with Crippen LogP contribution in [0.4, 0.5) is 0 Å². The molecule has 1 aromatic carbocycles. The Morgan fingerprint density at radius 3 is 2.80 bits per heavy atom. The molecular weight excluding hydrogens is 254 g/mol. The lowest BCUT2D eigenvalue weighted by Crippen LogP contribution is -2.00. The molecule has 0 saturated carbocycles. The van der Waals surface area contributed by atoms with Crippen LogP contribution in [0.1, 0.15) is 32.3 Å². The smallest absolute Gasteiger partial charge is 0.245 e. The number of hydrogen-bond acceptors (Lipinski definition) is 1. The van der Waals surface area contributed by atoms with Crippen molar-refractivity contribution >= 4 is 27.5 Å². The Bertz CT molecular complexity index is 385. The molecule has 1 amide bonds. The van der Waals surface area contributed by atoms with Gasteiger partial charge in [0.25, 0.3) is 0 Å². The van der Waals surface area contributed by atoms with Crippen LogP contribution in [0.3, 0.4) is 0 Å². The van der Waals surface area contributed by atoms with Crippen molar-refractivity contribution in [1.82, 2.24) is 0 Å². The quantitative estimate of drug-likeness (QED) is 0.770. The molecule has 2 nitrogen and oxygen atoms in total. The molecule has 0 radical (unpaired) electrons. The summed E-state index contributed by atoms with van der Waals surface area (Å²) in [5, 5.41) is 0. The molecule has 0 aliphatic heterocycles. The second-order valence-corrected chi connectivity index (χ2v) is 4.27. The van der Waals surface area contributed by atoms with Crippen LogP contribution in [0.2, 0.25) is 0 Å². The van der Waals surface area contributed by atoms with Crippen LogP contribution >= 0.6 is 15.9 Å². The van der Waals surface area contributed by atoms with E-state index in [1.165, 1.54) is 0 Å². The lowest BCUT2D eigenvalue weighted by atomic mass is 10.1. The predicted molar refractivity (Wildman–Crippen MR) is 66.3 cm³/mol. The van der Waals surface area contributed by atoms with Gasteiger partial charge in [-0.2, -0.15) is 0 Å². The highest BCUT2D eigenvalue weighted by Crippen LogP contribution is 2.12. The van der Waals surface area contributed by atoms with E-state index in [0.29, 0.717) is 6.42 Å². The maximum Gasteiger partial charge on any atom is 0.245 e. The van der Waals surface area contributed by atoms with Crippen molar-refractivity contribution in [3.05, 3.63) is 34.3 Å². The largest absolute Gasteiger partial charge is 0.273 e. The number of carbonyl (C=O) groups is 1. The van der Waals surface area contributed by atoms with Crippen LogP contribution in [-0.4, -0.2) is 11.6 Å². The first kappa shape index (κ1) is 12.1. The molecule has 0 N–H and O–H groups in total. The molecule has 0 unspecified atom stereocenters. The van der Waals surface area contributed by atoms with Gasteiger partial charge in [-0.1, -0.05) is 35.0 Å². The van der Waals surface area contributed by atoms with Crippen molar-refractivity contribution in [2.45, 2.75) is 26.7 Å². The Hall–Kier alpha value is -0.960. The van der Waals surface area contributed by atoms with Crippen LogP contribution in [0.5, 0.6) is 0 Å². The van der Waals surface area contributed by atoms with Gasteiger partial charge in [-0.3, -0.25) is 4.79 Å². The number of amides is 1. The maximum atomic E-state index is 11.3. The minimum atomic E-state index is -0.0463. The van der Waals surface area contributed by atoms with Crippen molar-refractivity contribution in [2.24, 2.45) is 4.99 Å². The molecule has 0 bridgehead atoms. The van der Waals surface area contributed by atoms with Crippen LogP contribution < -0.4 is 0 Å². The molecule has 80 valence electrons. The summed E-state index contributed by atoms with van der Waals surface area (Å²) in [5.41, 5.74) is 1.75. The Labute approximate surface area is 98.5 Å². The van der Waals surface area contributed by atoms with E-state index in [1.807, 2.05) is 38.1 Å². The predicted octanol–water partition coefficient (Wildman–Crippen LogP) is 3.58. The van der Waals surface area contributed by atoms with Gasteiger partial charge in [-0.05, 0) is 31.0 Å². The molecule has 0 aliphatic carbocycles. The van der Waals surface area contributed by atoms with Gasteiger partial charge in [0.05, 0.1) is 0 Å². The zero-order valence-corrected chi connectivity index (χ0v) is 10.5. The summed E-state index contributed by atoms with van der Waals surface area (Å²) in [7, 11) is 0. The second kappa shape index (κ2) is 5.81. The summed E-state index contributed by atoms with van der Waals surface area (Å²) in [4.78, 5) is 15.3. The van der Waals surface area contributed by atoms with E-state index in [-0.39, 0.29) is 5.91 Å². The first-order valence-corrected chi connectivity index (χ1v) is 5.77. The normalized spacial score (nSPS) is 11.5. The van der Waals surface area contributed by atoms with Crippen LogP contribution in [0.15, 0.2) is 33.7 Å². The van der Waals surface area contributed by atoms with E-state index in [0.717, 1.165) is 22.2 Å². The van der Waals surface area contributed by atoms with E-state index in [9.17, 15) is 4.79 Å². The van der Waals surface area contributed by atoms with E-state index in [1.54, 1.807) is 0 Å². The van der Waals surface area contributed by atoms with Crippen molar-refractivity contribution in [3.8, 4) is 0 Å². The molecule has 0 heterocycles. The lowest BCUT2D eigenvalue weighted by Gasteiger charge is -2.00. The van der Waals surface area contributed by atoms with Crippen LogP contribution in [-0.2, 0) is 4.79 Å². The number of hydrogen-bond donors (Lipinski definition) is 0. The second-order valence-electron chi connectivity index (χ2n) is 3.35. The minimum Gasteiger partial charge on any atom is -0.273 e. The number of rotatable bonds is 3. The summed E-state index contributed by atoms with van der Waals surface area (Å²) >= 11 is 3.39. The minimum absolute atomic E-state index is 0.0463. The monoisotopic (exact) mass is 267 g/mol. The van der Waals surface area contributed by atoms with E-state index in [4.69, 9.17) is 0 Å². The number of carbonyl (C=O) groups excluding carboxylic acids is 1. The van der Waals surface area contributed by atoms with Gasteiger partial charge in [-0.25, -0.2) is 4.99 Å². The molecule has 0 fully saturated rings. The lowest BCUT2D eigenvalue weighted by molar-refractivity contribution is -0.117. The van der Waals surface area contributed by atoms with Gasteiger partial charge >= 0.3 is 0 Å². The summed E-state index contributed by atoms with van der Waals surface area (Å²) < 4.78 is 0.998. The van der Waals surface area contributed by atoms with Gasteiger partial charge in [0.1, 0.15) is 0 Å². The topological polar surface area (TPSA) is 29.4 Å². The Balaban J connectivity index is 2.84. The molecular formula is C12H14BrNO. The SMILES string of the molecule is CCCC(=O)/N=C(\C)c1cccc(Br)c1. The molecule has 1 aromatic rings. The average molecular weight is 268 g/mol. The number of aliphatic imine (C=N–C) groups is 1. The molecule has 15 heavy (non-hydrogen) atoms. The highest BCUT2D eigenvalue weighted by Gasteiger charge is 2.01. The number of nitrogens with zero attached hydrogens (tertiary/aromatic N) is 1. The number of halogens is 1. The Kier molecular flexibility index (Phi) is 4.69. The third-order valence-electron chi connectivity index (χ3n) is 2.00. The molecule has 0 aliphatic rings. The van der Waals surface area contributed by atoms with E-state index in [2.05, 4.69) is 20.9 Å². The average Bonchev–Trinajstić information content (AvgIpc) is 2.18. The zero-order chi connectivity index (χ0) is 11.3. The first-order valence-electron chi connectivity index (χ1n) is 4.97. The molecule has 0 atom stereocenters. The van der Waals surface area contributed by atoms with Gasteiger partial charge in [0, 0.05) is 16.6 Å². The van der Waals surface area contributed by atoms with Gasteiger partial charge in [0.15, 0.2) is 0 Å². The Morgan fingerprint density at radius 1 is 1.47 bits per heavy atom. The molecule has 3 heteroatoms. The molecule has 0 aromatic heterocycles. The first-order chi connectivity index (χ1) is 7.13. The van der Waals surface area contributed by atoms with Crippen LogP contribution in [0, 0.1) is 0 Å². The molecule has 1 rings (SSSR count). The standard InChI is InChI=1S/C12H14BrNO/c1-3-5-12(15)14-9(2)10-6-4-7-11(13)8-10/h4,6-8H,3,5H2,1-2H3/b14-9+. The van der Waals surface area contributed by atoms with Crippen LogP contribution in [0.25, 0.3) is 0 Å². The maximum absolute atomic E-state index is 11.3. The summed E-state index contributed by atoms with van der Waals surface area (Å²) in [5.74, 6) is -0.0463. The fourth-order valence-corrected chi connectivity index (χ4v) is 1.63. The molecule has 0 spiro atoms.